The van der Waals surface area contributed by atoms with Crippen LogP contribution in [0.5, 0.6) is 5.75 Å². The van der Waals surface area contributed by atoms with Crippen LogP contribution in [-0.2, 0) is 0 Å². The number of rotatable bonds is 4. The minimum Gasteiger partial charge on any atom is -0.483 e. The van der Waals surface area contributed by atoms with Crippen molar-refractivity contribution in [3.63, 3.8) is 0 Å². The number of hydrogen-bond donors (Lipinski definition) is 0. The fourth-order valence-electron chi connectivity index (χ4n) is 1.74. The molecule has 0 N–H and O–H groups in total. The number of hydrogen-bond acceptors (Lipinski definition) is 3. The van der Waals surface area contributed by atoms with Crippen molar-refractivity contribution >= 4 is 11.6 Å². The fourth-order valence-corrected chi connectivity index (χ4v) is 1.92. The third-order valence-corrected chi connectivity index (χ3v) is 2.86. The summed E-state index contributed by atoms with van der Waals surface area (Å²) in [5.74, 6) is 1.54. The lowest BCUT2D eigenvalue weighted by molar-refractivity contribution is 0.208. The SMILES string of the molecule is CC(Oc1cccc(Cl)c1)c1nncn1C(C)C. The molecule has 0 saturated heterocycles. The number of nitrogens with zero attached hydrogens (tertiary/aromatic N) is 3. The molecule has 4 nitrogen and oxygen atoms in total. The van der Waals surface area contributed by atoms with Crippen molar-refractivity contribution in [3.8, 4) is 5.75 Å². The molecule has 0 bridgehead atoms. The van der Waals surface area contributed by atoms with Gasteiger partial charge in [-0.3, -0.25) is 0 Å². The molecule has 0 spiro atoms. The van der Waals surface area contributed by atoms with Crippen molar-refractivity contribution in [2.24, 2.45) is 0 Å². The van der Waals surface area contributed by atoms with E-state index >= 15 is 0 Å². The molecular formula is C13H16ClN3O. The van der Waals surface area contributed by atoms with E-state index in [1.165, 1.54) is 0 Å². The zero-order chi connectivity index (χ0) is 13.1. The number of halogens is 1. The summed E-state index contributed by atoms with van der Waals surface area (Å²) in [6.45, 7) is 6.11. The van der Waals surface area contributed by atoms with Crippen molar-refractivity contribution in [1.82, 2.24) is 14.8 Å². The van der Waals surface area contributed by atoms with Crippen LogP contribution < -0.4 is 4.74 Å². The molecule has 1 aromatic carbocycles. The standard InChI is InChI=1S/C13H16ClN3O/c1-9(2)17-8-15-16-13(17)10(3)18-12-6-4-5-11(14)7-12/h4-10H,1-3H3. The lowest BCUT2D eigenvalue weighted by atomic mass is 10.3. The normalized spacial score (nSPS) is 12.7. The van der Waals surface area contributed by atoms with Crippen LogP contribution in [0.15, 0.2) is 30.6 Å². The van der Waals surface area contributed by atoms with E-state index in [0.717, 1.165) is 11.6 Å². The molecule has 2 rings (SSSR count). The first-order valence-corrected chi connectivity index (χ1v) is 6.27. The molecule has 5 heteroatoms. The maximum absolute atomic E-state index is 5.92. The minimum atomic E-state index is -0.173. The topological polar surface area (TPSA) is 39.9 Å². The Morgan fingerprint density at radius 1 is 1.28 bits per heavy atom. The Bertz CT molecular complexity index is 524. The van der Waals surface area contributed by atoms with Gasteiger partial charge in [0.1, 0.15) is 12.1 Å². The van der Waals surface area contributed by atoms with E-state index < -0.39 is 0 Å². The first-order valence-electron chi connectivity index (χ1n) is 5.89. The zero-order valence-corrected chi connectivity index (χ0v) is 11.4. The smallest absolute Gasteiger partial charge is 0.173 e. The Labute approximate surface area is 112 Å². The Morgan fingerprint density at radius 2 is 2.06 bits per heavy atom. The first kappa shape index (κ1) is 12.9. The van der Waals surface area contributed by atoms with Crippen LogP contribution in [-0.4, -0.2) is 14.8 Å². The van der Waals surface area contributed by atoms with Gasteiger partial charge >= 0.3 is 0 Å². The largest absolute Gasteiger partial charge is 0.483 e. The molecule has 0 radical (unpaired) electrons. The summed E-state index contributed by atoms with van der Waals surface area (Å²) in [4.78, 5) is 0. The van der Waals surface area contributed by atoms with Crippen molar-refractivity contribution < 1.29 is 4.74 Å². The predicted octanol–water partition coefficient (Wildman–Crippen LogP) is 3.65. The van der Waals surface area contributed by atoms with Gasteiger partial charge in [0.15, 0.2) is 11.9 Å². The Balaban J connectivity index is 2.17. The molecule has 1 atom stereocenters. The van der Waals surface area contributed by atoms with Crippen molar-refractivity contribution in [2.45, 2.75) is 32.9 Å². The predicted molar refractivity (Wildman–Crippen MR) is 70.9 cm³/mol. The van der Waals surface area contributed by atoms with Gasteiger partial charge in [0.05, 0.1) is 0 Å². The Hall–Kier alpha value is -1.55. The average molecular weight is 266 g/mol. The maximum atomic E-state index is 5.92. The molecule has 96 valence electrons. The van der Waals surface area contributed by atoms with Gasteiger partial charge in [-0.15, -0.1) is 10.2 Å². The fraction of sp³-hybridized carbons (Fsp3) is 0.385. The third kappa shape index (κ3) is 2.82. The van der Waals surface area contributed by atoms with Gasteiger partial charge < -0.3 is 9.30 Å². The van der Waals surface area contributed by atoms with Crippen LogP contribution in [0.2, 0.25) is 5.02 Å². The highest BCUT2D eigenvalue weighted by atomic mass is 35.5. The van der Waals surface area contributed by atoms with Gasteiger partial charge in [-0.1, -0.05) is 17.7 Å². The molecule has 1 aromatic heterocycles. The highest BCUT2D eigenvalue weighted by Gasteiger charge is 2.16. The number of ether oxygens (including phenoxy) is 1. The third-order valence-electron chi connectivity index (χ3n) is 2.63. The van der Waals surface area contributed by atoms with E-state index in [2.05, 4.69) is 24.0 Å². The summed E-state index contributed by atoms with van der Waals surface area (Å²) in [6.07, 6.45) is 1.55. The van der Waals surface area contributed by atoms with Crippen molar-refractivity contribution in [3.05, 3.63) is 41.4 Å². The summed E-state index contributed by atoms with van der Waals surface area (Å²) in [5.41, 5.74) is 0. The molecule has 0 saturated carbocycles. The monoisotopic (exact) mass is 265 g/mol. The lowest BCUT2D eigenvalue weighted by Gasteiger charge is -2.17. The highest BCUT2D eigenvalue weighted by molar-refractivity contribution is 6.30. The van der Waals surface area contributed by atoms with Gasteiger partial charge in [-0.05, 0) is 39.0 Å². The van der Waals surface area contributed by atoms with E-state index in [-0.39, 0.29) is 6.10 Å². The summed E-state index contributed by atoms with van der Waals surface area (Å²) in [7, 11) is 0. The maximum Gasteiger partial charge on any atom is 0.173 e. The van der Waals surface area contributed by atoms with Gasteiger partial charge in [-0.25, -0.2) is 0 Å². The summed E-state index contributed by atoms with van der Waals surface area (Å²) < 4.78 is 7.82. The van der Waals surface area contributed by atoms with Crippen LogP contribution in [0.25, 0.3) is 0 Å². The van der Waals surface area contributed by atoms with Crippen molar-refractivity contribution in [2.75, 3.05) is 0 Å². The molecule has 0 fully saturated rings. The quantitative estimate of drug-likeness (QED) is 0.847. The second kappa shape index (κ2) is 5.40. The van der Waals surface area contributed by atoms with Gasteiger partial charge in [0.2, 0.25) is 0 Å². The van der Waals surface area contributed by atoms with Crippen LogP contribution in [0.1, 0.15) is 38.7 Å². The highest BCUT2D eigenvalue weighted by Crippen LogP contribution is 2.24. The average Bonchev–Trinajstić information content (AvgIpc) is 2.77. The Morgan fingerprint density at radius 3 is 2.72 bits per heavy atom. The summed E-state index contributed by atoms with van der Waals surface area (Å²) in [6, 6.07) is 7.64. The molecule has 1 heterocycles. The summed E-state index contributed by atoms with van der Waals surface area (Å²) in [5, 5.41) is 8.70. The summed E-state index contributed by atoms with van der Waals surface area (Å²) >= 11 is 5.92. The second-order valence-corrected chi connectivity index (χ2v) is 4.84. The van der Waals surface area contributed by atoms with Crippen molar-refractivity contribution in [1.29, 1.82) is 0 Å². The van der Waals surface area contributed by atoms with E-state index in [1.54, 1.807) is 12.4 Å². The van der Waals surface area contributed by atoms with Crippen LogP contribution in [0.4, 0.5) is 0 Å². The molecular weight excluding hydrogens is 250 g/mol. The molecule has 0 aliphatic heterocycles. The second-order valence-electron chi connectivity index (χ2n) is 4.41. The molecule has 18 heavy (non-hydrogen) atoms. The van der Waals surface area contributed by atoms with Gasteiger partial charge in [-0.2, -0.15) is 0 Å². The number of benzene rings is 1. The molecule has 0 aliphatic rings. The Kier molecular flexibility index (Phi) is 3.87. The van der Waals surface area contributed by atoms with E-state index in [4.69, 9.17) is 16.3 Å². The van der Waals surface area contributed by atoms with Crippen LogP contribution >= 0.6 is 11.6 Å². The molecule has 1 unspecified atom stereocenters. The minimum absolute atomic E-state index is 0.173. The van der Waals surface area contributed by atoms with Crippen LogP contribution in [0.3, 0.4) is 0 Å². The van der Waals surface area contributed by atoms with Gasteiger partial charge in [0, 0.05) is 11.1 Å². The van der Waals surface area contributed by atoms with E-state index in [1.807, 2.05) is 29.7 Å². The zero-order valence-electron chi connectivity index (χ0n) is 10.7. The lowest BCUT2D eigenvalue weighted by Crippen LogP contribution is -2.13. The van der Waals surface area contributed by atoms with E-state index in [9.17, 15) is 0 Å². The molecule has 2 aromatic rings. The first-order chi connectivity index (χ1) is 8.58. The van der Waals surface area contributed by atoms with Crippen LogP contribution in [0, 0.1) is 0 Å². The molecule has 0 amide bonds. The number of aromatic nitrogens is 3. The molecule has 0 aliphatic carbocycles. The van der Waals surface area contributed by atoms with Gasteiger partial charge in [0.25, 0.3) is 0 Å². The van der Waals surface area contributed by atoms with E-state index in [0.29, 0.717) is 11.1 Å².